The summed E-state index contributed by atoms with van der Waals surface area (Å²) in [6, 6.07) is 13.1. The quantitative estimate of drug-likeness (QED) is 0.268. The number of amides is 1. The molecule has 1 saturated heterocycles. The summed E-state index contributed by atoms with van der Waals surface area (Å²) in [6.07, 6.45) is 2.67. The summed E-state index contributed by atoms with van der Waals surface area (Å²) in [4.78, 5) is 22.9. The number of likely N-dealkylation sites (N-methyl/N-ethyl adjacent to an activating group) is 1. The van der Waals surface area contributed by atoms with Crippen LogP contribution in [0.3, 0.4) is 0 Å². The number of nitrogens with zero attached hydrogens (tertiary/aromatic N) is 4. The molecule has 0 unspecified atom stereocenters. The van der Waals surface area contributed by atoms with E-state index in [4.69, 9.17) is 10.5 Å². The van der Waals surface area contributed by atoms with Gasteiger partial charge in [-0.05, 0) is 62.7 Å². The second kappa shape index (κ2) is 10.8. The highest BCUT2D eigenvalue weighted by atomic mass is 19.1. The van der Waals surface area contributed by atoms with E-state index in [-0.39, 0.29) is 17.8 Å². The van der Waals surface area contributed by atoms with Crippen LogP contribution in [0, 0.1) is 5.82 Å². The first kappa shape index (κ1) is 27.5. The number of nitrogen functional groups attached to an aromatic ring is 1. The van der Waals surface area contributed by atoms with Crippen molar-refractivity contribution < 1.29 is 13.9 Å². The number of carbonyl (C=O) groups is 1. The van der Waals surface area contributed by atoms with Gasteiger partial charge in [-0.25, -0.2) is 14.4 Å². The van der Waals surface area contributed by atoms with Gasteiger partial charge in [-0.15, -0.1) is 0 Å². The zero-order valence-corrected chi connectivity index (χ0v) is 23.4. The molecule has 3 heterocycles. The molecule has 1 aliphatic rings. The molecule has 2 aromatic heterocycles. The van der Waals surface area contributed by atoms with E-state index in [1.54, 1.807) is 6.07 Å². The fourth-order valence-corrected chi connectivity index (χ4v) is 5.97. The third kappa shape index (κ3) is 4.45. The van der Waals surface area contributed by atoms with Crippen molar-refractivity contribution in [3.05, 3.63) is 72.8 Å². The van der Waals surface area contributed by atoms with Gasteiger partial charge in [0.1, 0.15) is 23.6 Å². The van der Waals surface area contributed by atoms with Gasteiger partial charge in [0.25, 0.3) is 0 Å². The highest BCUT2D eigenvalue weighted by molar-refractivity contribution is 6.08. The average Bonchev–Trinajstić information content (AvgIpc) is 3.26. The third-order valence-corrected chi connectivity index (χ3v) is 7.75. The predicted octanol–water partition coefficient (Wildman–Crippen LogP) is 5.59. The van der Waals surface area contributed by atoms with Crippen LogP contribution in [0.4, 0.5) is 15.9 Å². The zero-order valence-electron chi connectivity index (χ0n) is 23.4. The Labute approximate surface area is 233 Å². The zero-order chi connectivity index (χ0) is 28.6. The number of aryl methyl sites for hydroxylation is 1. The molecule has 0 radical (unpaired) electrons. The molecular formula is C31H35FN6O2. The number of hydrogen-bond donors (Lipinski definition) is 2. The molecule has 0 atom stereocenters. The van der Waals surface area contributed by atoms with E-state index in [2.05, 4.69) is 52.1 Å². The van der Waals surface area contributed by atoms with E-state index < -0.39 is 5.54 Å². The van der Waals surface area contributed by atoms with Gasteiger partial charge in [-0.2, -0.15) is 0 Å². The normalized spacial score (nSPS) is 14.5. The van der Waals surface area contributed by atoms with Gasteiger partial charge < -0.3 is 20.4 Å². The minimum Gasteiger partial charge on any atom is -0.383 e. The second-order valence-corrected chi connectivity index (χ2v) is 10.3. The van der Waals surface area contributed by atoms with E-state index >= 15 is 4.39 Å². The minimum atomic E-state index is -0.500. The number of hydrogen-bond acceptors (Lipinski definition) is 6. The van der Waals surface area contributed by atoms with Crippen LogP contribution in [0.1, 0.15) is 33.3 Å². The molecule has 1 fully saturated rings. The number of nitrogens with one attached hydrogen (secondary N) is 1. The maximum Gasteiger partial charge on any atom is 0.247 e. The Balaban J connectivity index is 1.69. The molecule has 208 valence electrons. The van der Waals surface area contributed by atoms with Gasteiger partial charge in [0.15, 0.2) is 0 Å². The summed E-state index contributed by atoms with van der Waals surface area (Å²) >= 11 is 0. The summed E-state index contributed by atoms with van der Waals surface area (Å²) < 4.78 is 23.8. The number of anilines is 2. The molecule has 9 heteroatoms. The minimum absolute atomic E-state index is 0.235. The van der Waals surface area contributed by atoms with Gasteiger partial charge in [0, 0.05) is 29.4 Å². The molecule has 4 aromatic rings. The molecular weight excluding hydrogens is 507 g/mol. The lowest BCUT2D eigenvalue weighted by molar-refractivity contribution is -0.156. The number of benzene rings is 2. The molecule has 0 spiro atoms. The van der Waals surface area contributed by atoms with E-state index in [0.29, 0.717) is 53.4 Å². The van der Waals surface area contributed by atoms with Crippen LogP contribution < -0.4 is 11.1 Å². The first-order valence-electron chi connectivity index (χ1n) is 13.6. The molecule has 0 bridgehead atoms. The number of halogens is 1. The second-order valence-electron chi connectivity index (χ2n) is 10.3. The summed E-state index contributed by atoms with van der Waals surface area (Å²) in [7, 11) is 0. The summed E-state index contributed by atoms with van der Waals surface area (Å²) in [6.45, 7) is 14.2. The number of fused-ring (bicyclic) bond motifs is 1. The van der Waals surface area contributed by atoms with Crippen molar-refractivity contribution in [3.8, 4) is 22.4 Å². The molecule has 1 aliphatic heterocycles. The van der Waals surface area contributed by atoms with Crippen LogP contribution in [-0.2, 0) is 21.6 Å². The van der Waals surface area contributed by atoms with Gasteiger partial charge >= 0.3 is 0 Å². The van der Waals surface area contributed by atoms with Crippen molar-refractivity contribution in [2.24, 2.45) is 0 Å². The predicted molar refractivity (Wildman–Crippen MR) is 157 cm³/mol. The molecule has 2 aromatic carbocycles. The van der Waals surface area contributed by atoms with Gasteiger partial charge in [0.05, 0.1) is 29.8 Å². The van der Waals surface area contributed by atoms with E-state index in [9.17, 15) is 4.79 Å². The molecule has 3 N–H and O–H groups in total. The fraction of sp³-hybridized carbons (Fsp3) is 0.323. The van der Waals surface area contributed by atoms with Crippen molar-refractivity contribution in [1.82, 2.24) is 19.4 Å². The highest BCUT2D eigenvalue weighted by Gasteiger charge is 2.47. The number of rotatable bonds is 9. The van der Waals surface area contributed by atoms with Crippen molar-refractivity contribution in [2.75, 3.05) is 30.8 Å². The lowest BCUT2D eigenvalue weighted by Gasteiger charge is -2.51. The summed E-state index contributed by atoms with van der Waals surface area (Å²) in [5.74, 6) is -0.252. The Kier molecular flexibility index (Phi) is 7.44. The van der Waals surface area contributed by atoms with Crippen LogP contribution in [0.15, 0.2) is 61.4 Å². The lowest BCUT2D eigenvalue weighted by Crippen LogP contribution is -2.61. The standard InChI is InChI=1S/C31H35FN6O2/c1-6-25(39)36-22-12-9-20(10-13-22)28-26(27-29(33)34-18-35-30(27)37(28)7-2)21-11-14-23(24(32)15-21)31(16-40-17-31)38(8-3)19(4)5/h6,9-15,18-19H,1,7-8,16-17H2,2-5H3,(H,36,39)(H2,33,34,35). The average molecular weight is 543 g/mol. The first-order valence-corrected chi connectivity index (χ1v) is 13.6. The van der Waals surface area contributed by atoms with Gasteiger partial charge in [-0.3, -0.25) is 9.69 Å². The third-order valence-electron chi connectivity index (χ3n) is 7.75. The van der Waals surface area contributed by atoms with E-state index in [1.165, 1.54) is 12.4 Å². The largest absolute Gasteiger partial charge is 0.383 e. The monoisotopic (exact) mass is 542 g/mol. The van der Waals surface area contributed by atoms with Crippen molar-refractivity contribution in [2.45, 2.75) is 45.8 Å². The van der Waals surface area contributed by atoms with Crippen LogP contribution in [0.2, 0.25) is 0 Å². The van der Waals surface area contributed by atoms with Gasteiger partial charge in [-0.1, -0.05) is 37.8 Å². The van der Waals surface area contributed by atoms with Gasteiger partial charge in [0.2, 0.25) is 5.91 Å². The molecule has 8 nitrogen and oxygen atoms in total. The Bertz CT molecular complexity index is 1570. The number of carbonyl (C=O) groups excluding carboxylic acids is 1. The van der Waals surface area contributed by atoms with Crippen molar-refractivity contribution in [1.29, 1.82) is 0 Å². The van der Waals surface area contributed by atoms with E-state index in [0.717, 1.165) is 23.4 Å². The van der Waals surface area contributed by atoms with Crippen molar-refractivity contribution in [3.63, 3.8) is 0 Å². The van der Waals surface area contributed by atoms with Crippen LogP contribution in [-0.4, -0.2) is 51.1 Å². The Morgan fingerprint density at radius 1 is 1.20 bits per heavy atom. The maximum atomic E-state index is 16.1. The van der Waals surface area contributed by atoms with E-state index in [1.807, 2.05) is 43.3 Å². The topological polar surface area (TPSA) is 98.3 Å². The Morgan fingerprint density at radius 2 is 1.90 bits per heavy atom. The highest BCUT2D eigenvalue weighted by Crippen LogP contribution is 2.45. The smallest absolute Gasteiger partial charge is 0.247 e. The lowest BCUT2D eigenvalue weighted by atomic mass is 9.83. The molecule has 5 rings (SSSR count). The molecule has 0 saturated carbocycles. The molecule has 40 heavy (non-hydrogen) atoms. The van der Waals surface area contributed by atoms with Crippen LogP contribution >= 0.6 is 0 Å². The van der Waals surface area contributed by atoms with Crippen LogP contribution in [0.25, 0.3) is 33.4 Å². The number of ether oxygens (including phenoxy) is 1. The molecule has 0 aliphatic carbocycles. The Morgan fingerprint density at radius 3 is 2.45 bits per heavy atom. The summed E-state index contributed by atoms with van der Waals surface area (Å²) in [5.41, 5.74) is 11.0. The Hall–Kier alpha value is -4.08. The summed E-state index contributed by atoms with van der Waals surface area (Å²) in [5, 5.41) is 3.45. The maximum absolute atomic E-state index is 16.1. The first-order chi connectivity index (χ1) is 19.2. The fourth-order valence-electron chi connectivity index (χ4n) is 5.97. The molecule has 1 amide bonds. The number of nitrogens with two attached hydrogens (primary N) is 1. The SMILES string of the molecule is C=CC(=O)Nc1ccc(-c2c(-c3ccc(C4(N(CC)C(C)C)COC4)c(F)c3)c3c(N)ncnc3n2CC)cc1. The van der Waals surface area contributed by atoms with Crippen LogP contribution in [0.5, 0.6) is 0 Å². The van der Waals surface area contributed by atoms with Crippen molar-refractivity contribution >= 4 is 28.4 Å². The number of aromatic nitrogens is 3.